The fourth-order valence-electron chi connectivity index (χ4n) is 5.38. The van der Waals surface area contributed by atoms with Crippen molar-refractivity contribution in [2.45, 2.75) is 51.5 Å². The number of aromatic nitrogens is 4. The number of halogens is 1. The molecule has 3 aromatic heterocycles. The molecule has 0 saturated carbocycles. The molecule has 1 N–H and O–H groups in total. The number of hydrogen-bond donors (Lipinski definition) is 1. The third-order valence-electron chi connectivity index (χ3n) is 7.20. The van der Waals surface area contributed by atoms with E-state index in [0.717, 1.165) is 37.6 Å². The Morgan fingerprint density at radius 2 is 1.79 bits per heavy atom. The van der Waals surface area contributed by atoms with Gasteiger partial charge < -0.3 is 15.1 Å². The molecule has 0 bridgehead atoms. The Bertz CT molecular complexity index is 1150. The van der Waals surface area contributed by atoms with Gasteiger partial charge in [-0.25, -0.2) is 14.4 Å². The molecule has 0 aromatic carbocycles. The fourth-order valence-corrected chi connectivity index (χ4v) is 5.38. The lowest BCUT2D eigenvalue weighted by molar-refractivity contribution is 0.255. The van der Waals surface area contributed by atoms with Crippen LogP contribution in [0.4, 0.5) is 21.7 Å². The lowest BCUT2D eigenvalue weighted by Gasteiger charge is -2.30. The largest absolute Gasteiger partial charge is 0.364 e. The molecule has 0 radical (unpaired) electrons. The van der Waals surface area contributed by atoms with Crippen LogP contribution in [-0.2, 0) is 20.0 Å². The van der Waals surface area contributed by atoms with Crippen molar-refractivity contribution in [3.8, 4) is 0 Å². The normalized spacial score (nSPS) is 17.3. The van der Waals surface area contributed by atoms with Gasteiger partial charge in [-0.2, -0.15) is 5.10 Å². The molecule has 2 aliphatic heterocycles. The highest BCUT2D eigenvalue weighted by molar-refractivity contribution is 5.61. The van der Waals surface area contributed by atoms with Crippen molar-refractivity contribution in [3.63, 3.8) is 0 Å². The van der Waals surface area contributed by atoms with Crippen molar-refractivity contribution in [3.05, 3.63) is 58.9 Å². The van der Waals surface area contributed by atoms with E-state index in [0.29, 0.717) is 29.9 Å². The maximum absolute atomic E-state index is 14.8. The molecule has 0 amide bonds. The Labute approximate surface area is 201 Å². The predicted molar refractivity (Wildman–Crippen MR) is 133 cm³/mol. The van der Waals surface area contributed by atoms with E-state index in [1.807, 2.05) is 24.0 Å². The van der Waals surface area contributed by atoms with Crippen LogP contribution in [0.5, 0.6) is 0 Å². The number of hydrogen-bond acceptors (Lipinski definition) is 6. The topological polar surface area (TPSA) is 62.1 Å². The summed E-state index contributed by atoms with van der Waals surface area (Å²) in [7, 11) is 4.17. The van der Waals surface area contributed by atoms with E-state index < -0.39 is 0 Å². The number of piperidine rings is 1. The zero-order valence-electron chi connectivity index (χ0n) is 20.6. The zero-order valence-corrected chi connectivity index (χ0v) is 20.6. The molecular weight excluding hydrogens is 429 g/mol. The zero-order chi connectivity index (χ0) is 23.8. The summed E-state index contributed by atoms with van der Waals surface area (Å²) in [6.07, 6.45) is 6.40. The average Bonchev–Trinajstić information content (AvgIpc) is 3.16. The minimum absolute atomic E-state index is 0.311. The third-order valence-corrected chi connectivity index (χ3v) is 7.20. The molecule has 0 aliphatic carbocycles. The van der Waals surface area contributed by atoms with Gasteiger partial charge in [-0.1, -0.05) is 19.9 Å². The Morgan fingerprint density at radius 3 is 2.50 bits per heavy atom. The van der Waals surface area contributed by atoms with Gasteiger partial charge in [0.2, 0.25) is 0 Å². The molecule has 0 atom stereocenters. The van der Waals surface area contributed by atoms with E-state index in [2.05, 4.69) is 52.0 Å². The Balaban J connectivity index is 1.32. The standard InChI is InChI=1S/C26H34FN7/c1-17(2)26-20-16-34(12-9-22(20)31-33(26)4)23-13-25(29-15-21(23)27)30-24-6-5-19(14-28-24)18-7-10-32(3)11-8-18/h5-6,13-15,17-18H,7-12,16H2,1-4H3,(H,28,29,30). The Hall–Kier alpha value is -3.00. The molecule has 1 saturated heterocycles. The van der Waals surface area contributed by atoms with Gasteiger partial charge in [0.25, 0.3) is 0 Å². The number of nitrogens with one attached hydrogen (secondary N) is 1. The van der Waals surface area contributed by atoms with Crippen molar-refractivity contribution in [2.24, 2.45) is 7.05 Å². The Kier molecular flexibility index (Phi) is 6.25. The van der Waals surface area contributed by atoms with Crippen LogP contribution in [0, 0.1) is 5.82 Å². The van der Waals surface area contributed by atoms with Crippen LogP contribution < -0.4 is 10.2 Å². The number of anilines is 3. The van der Waals surface area contributed by atoms with Gasteiger partial charge in [-0.05, 0) is 56.4 Å². The smallest absolute Gasteiger partial charge is 0.164 e. The van der Waals surface area contributed by atoms with Gasteiger partial charge in [-0.15, -0.1) is 0 Å². The van der Waals surface area contributed by atoms with Gasteiger partial charge in [0.05, 0.1) is 17.6 Å². The Morgan fingerprint density at radius 1 is 1.03 bits per heavy atom. The maximum atomic E-state index is 14.8. The summed E-state index contributed by atoms with van der Waals surface area (Å²) in [5.41, 5.74) is 5.42. The summed E-state index contributed by atoms with van der Waals surface area (Å²) < 4.78 is 16.8. The monoisotopic (exact) mass is 463 g/mol. The van der Waals surface area contributed by atoms with Crippen molar-refractivity contribution >= 4 is 17.3 Å². The summed E-state index contributed by atoms with van der Waals surface area (Å²) in [5, 5.41) is 7.96. The summed E-state index contributed by atoms with van der Waals surface area (Å²) >= 11 is 0. The van der Waals surface area contributed by atoms with Crippen LogP contribution in [0.25, 0.3) is 0 Å². The van der Waals surface area contributed by atoms with E-state index in [-0.39, 0.29) is 5.82 Å². The van der Waals surface area contributed by atoms with E-state index in [1.54, 1.807) is 6.07 Å². The number of nitrogens with zero attached hydrogens (tertiary/aromatic N) is 6. The minimum atomic E-state index is -0.311. The molecule has 1 fully saturated rings. The molecule has 5 rings (SSSR count). The third kappa shape index (κ3) is 4.51. The van der Waals surface area contributed by atoms with Crippen molar-refractivity contribution in [1.29, 1.82) is 0 Å². The average molecular weight is 464 g/mol. The fraction of sp³-hybridized carbons (Fsp3) is 0.500. The summed E-state index contributed by atoms with van der Waals surface area (Å²) in [6, 6.07) is 5.94. The molecular formula is C26H34FN7. The molecule has 0 spiro atoms. The van der Waals surface area contributed by atoms with Gasteiger partial charge in [0, 0.05) is 50.1 Å². The van der Waals surface area contributed by atoms with Crippen molar-refractivity contribution < 1.29 is 4.39 Å². The highest BCUT2D eigenvalue weighted by Gasteiger charge is 2.27. The lowest BCUT2D eigenvalue weighted by atomic mass is 9.91. The first-order valence-electron chi connectivity index (χ1n) is 12.3. The van der Waals surface area contributed by atoms with E-state index in [1.165, 1.54) is 35.9 Å². The lowest BCUT2D eigenvalue weighted by Crippen LogP contribution is -2.31. The number of pyridine rings is 2. The predicted octanol–water partition coefficient (Wildman–Crippen LogP) is 4.59. The van der Waals surface area contributed by atoms with Crippen LogP contribution in [0.3, 0.4) is 0 Å². The summed E-state index contributed by atoms with van der Waals surface area (Å²) in [6.45, 7) is 7.99. The van der Waals surface area contributed by atoms with Crippen LogP contribution in [-0.4, -0.2) is 51.3 Å². The van der Waals surface area contributed by atoms with Gasteiger partial charge in [0.15, 0.2) is 5.82 Å². The second-order valence-electron chi connectivity index (χ2n) is 9.96. The minimum Gasteiger partial charge on any atom is -0.364 e. The van der Waals surface area contributed by atoms with Crippen LogP contribution in [0.1, 0.15) is 61.0 Å². The summed E-state index contributed by atoms with van der Waals surface area (Å²) in [5.74, 6) is 1.94. The second kappa shape index (κ2) is 9.33. The van der Waals surface area contributed by atoms with E-state index in [9.17, 15) is 4.39 Å². The second-order valence-corrected chi connectivity index (χ2v) is 9.96. The molecule has 2 aliphatic rings. The van der Waals surface area contributed by atoms with E-state index in [4.69, 9.17) is 5.10 Å². The van der Waals surface area contributed by atoms with Crippen molar-refractivity contribution in [1.82, 2.24) is 24.6 Å². The summed E-state index contributed by atoms with van der Waals surface area (Å²) in [4.78, 5) is 13.3. The first-order valence-corrected chi connectivity index (χ1v) is 12.3. The van der Waals surface area contributed by atoms with Gasteiger partial charge >= 0.3 is 0 Å². The highest BCUT2D eigenvalue weighted by Crippen LogP contribution is 2.32. The molecule has 3 aromatic rings. The van der Waals surface area contributed by atoms with Gasteiger partial charge in [-0.3, -0.25) is 4.68 Å². The first-order chi connectivity index (χ1) is 16.4. The molecule has 7 nitrogen and oxygen atoms in total. The van der Waals surface area contributed by atoms with E-state index >= 15 is 0 Å². The molecule has 0 unspecified atom stereocenters. The molecule has 5 heterocycles. The first kappa shape index (κ1) is 22.8. The molecule has 8 heteroatoms. The van der Waals surface area contributed by atoms with Crippen LogP contribution >= 0.6 is 0 Å². The molecule has 34 heavy (non-hydrogen) atoms. The SMILES string of the molecule is CC(C)c1c2c(nn1C)CCN(c1cc(Nc3ccc(C4CCN(C)CC4)cn3)ncc1F)C2. The van der Waals surface area contributed by atoms with Crippen LogP contribution in [0.15, 0.2) is 30.6 Å². The van der Waals surface area contributed by atoms with Gasteiger partial charge in [0.1, 0.15) is 11.6 Å². The number of rotatable bonds is 5. The maximum Gasteiger partial charge on any atom is 0.164 e. The van der Waals surface area contributed by atoms with Crippen LogP contribution in [0.2, 0.25) is 0 Å². The number of aryl methyl sites for hydroxylation is 1. The molecule has 180 valence electrons. The number of likely N-dealkylation sites (tertiary alicyclic amines) is 1. The number of fused-ring (bicyclic) bond motifs is 1. The van der Waals surface area contributed by atoms with Crippen molar-refractivity contribution in [2.75, 3.05) is 36.9 Å². The highest BCUT2D eigenvalue weighted by atomic mass is 19.1. The quantitative estimate of drug-likeness (QED) is 0.597.